The van der Waals surface area contributed by atoms with Crippen LogP contribution in [0.5, 0.6) is 11.5 Å². The summed E-state index contributed by atoms with van der Waals surface area (Å²) in [6.45, 7) is 0.839. The molecule has 1 aliphatic heterocycles. The normalized spacial score (nSPS) is 14.3. The second-order valence-electron chi connectivity index (χ2n) is 4.55. The Hall–Kier alpha value is -1.94. The van der Waals surface area contributed by atoms with E-state index in [1.165, 1.54) is 0 Å². The number of rotatable bonds is 3. The zero-order valence-corrected chi connectivity index (χ0v) is 11.8. The molecular weight excluding hydrogens is 270 g/mol. The number of amides is 1. The summed E-state index contributed by atoms with van der Waals surface area (Å²) < 4.78 is 5.71. The molecule has 3 nitrogen and oxygen atoms in total. The van der Waals surface area contributed by atoms with Gasteiger partial charge >= 0.3 is 0 Å². The maximum absolute atomic E-state index is 12.2. The first-order chi connectivity index (χ1) is 9.83. The number of para-hydroxylation sites is 1. The molecule has 1 amide bonds. The molecule has 0 spiro atoms. The van der Waals surface area contributed by atoms with Gasteiger partial charge < -0.3 is 9.64 Å². The van der Waals surface area contributed by atoms with Gasteiger partial charge in [-0.25, -0.2) is 0 Å². The first kappa shape index (κ1) is 13.1. The minimum atomic E-state index is 0.0984. The number of benzene rings is 2. The van der Waals surface area contributed by atoms with E-state index < -0.39 is 0 Å². The molecule has 2 aromatic rings. The number of ether oxygens (including phenoxy) is 1. The van der Waals surface area contributed by atoms with Crippen LogP contribution in [0.2, 0.25) is 0 Å². The fourth-order valence-corrected chi connectivity index (χ4v) is 2.99. The van der Waals surface area contributed by atoms with Crippen LogP contribution in [-0.2, 0) is 0 Å². The fraction of sp³-hybridized carbons (Fsp3) is 0.188. The Balaban J connectivity index is 1.69. The maximum Gasteiger partial charge on any atom is 0.254 e. The van der Waals surface area contributed by atoms with Crippen LogP contribution in [0.25, 0.3) is 0 Å². The third kappa shape index (κ3) is 2.96. The van der Waals surface area contributed by atoms with Crippen molar-refractivity contribution in [3.63, 3.8) is 0 Å². The van der Waals surface area contributed by atoms with Crippen molar-refractivity contribution in [2.75, 3.05) is 18.2 Å². The SMILES string of the molecule is O=C(c1ccc(Oc2ccccc2)cc1)N1CCSC1. The minimum absolute atomic E-state index is 0.0984. The van der Waals surface area contributed by atoms with Crippen LogP contribution < -0.4 is 4.74 Å². The van der Waals surface area contributed by atoms with Gasteiger partial charge in [0.2, 0.25) is 0 Å². The third-order valence-electron chi connectivity index (χ3n) is 3.12. The molecule has 1 aliphatic rings. The van der Waals surface area contributed by atoms with E-state index in [9.17, 15) is 4.79 Å². The number of carbonyl (C=O) groups is 1. The summed E-state index contributed by atoms with van der Waals surface area (Å²) in [7, 11) is 0. The molecule has 0 aliphatic carbocycles. The van der Waals surface area contributed by atoms with Crippen LogP contribution >= 0.6 is 11.8 Å². The van der Waals surface area contributed by atoms with Gasteiger partial charge in [0, 0.05) is 17.9 Å². The van der Waals surface area contributed by atoms with Crippen LogP contribution in [-0.4, -0.2) is 29.0 Å². The Bertz CT molecular complexity index is 577. The standard InChI is InChI=1S/C16H15NO2S/c18-16(17-10-11-20-12-17)13-6-8-15(9-7-13)19-14-4-2-1-3-5-14/h1-9H,10-12H2. The molecule has 2 aromatic carbocycles. The van der Waals surface area contributed by atoms with E-state index in [0.717, 1.165) is 29.7 Å². The van der Waals surface area contributed by atoms with Crippen molar-refractivity contribution in [3.8, 4) is 11.5 Å². The predicted octanol–water partition coefficient (Wildman–Crippen LogP) is 3.63. The fourth-order valence-electron chi connectivity index (χ4n) is 2.05. The minimum Gasteiger partial charge on any atom is -0.457 e. The zero-order chi connectivity index (χ0) is 13.8. The van der Waals surface area contributed by atoms with E-state index in [2.05, 4.69) is 0 Å². The Kier molecular flexibility index (Phi) is 3.92. The molecule has 1 heterocycles. The first-order valence-electron chi connectivity index (χ1n) is 6.53. The molecule has 1 fully saturated rings. The van der Waals surface area contributed by atoms with Crippen molar-refractivity contribution in [1.82, 2.24) is 4.90 Å². The molecule has 0 bridgehead atoms. The third-order valence-corrected chi connectivity index (χ3v) is 4.09. The lowest BCUT2D eigenvalue weighted by molar-refractivity contribution is 0.0802. The van der Waals surface area contributed by atoms with Crippen molar-refractivity contribution >= 4 is 17.7 Å². The summed E-state index contributed by atoms with van der Waals surface area (Å²) in [6.07, 6.45) is 0. The van der Waals surface area contributed by atoms with Gasteiger partial charge in [-0.1, -0.05) is 18.2 Å². The first-order valence-corrected chi connectivity index (χ1v) is 7.68. The number of hydrogen-bond donors (Lipinski definition) is 0. The van der Waals surface area contributed by atoms with Crippen LogP contribution in [0.4, 0.5) is 0 Å². The van der Waals surface area contributed by atoms with E-state index in [-0.39, 0.29) is 5.91 Å². The summed E-state index contributed by atoms with van der Waals surface area (Å²) in [5, 5.41) is 0. The maximum atomic E-state index is 12.2. The molecule has 0 saturated carbocycles. The van der Waals surface area contributed by atoms with Crippen LogP contribution in [0.15, 0.2) is 54.6 Å². The van der Waals surface area contributed by atoms with E-state index in [0.29, 0.717) is 5.56 Å². The van der Waals surface area contributed by atoms with Crippen LogP contribution in [0.3, 0.4) is 0 Å². The highest BCUT2D eigenvalue weighted by molar-refractivity contribution is 7.99. The number of thioether (sulfide) groups is 1. The van der Waals surface area contributed by atoms with Crippen molar-refractivity contribution in [3.05, 3.63) is 60.2 Å². The van der Waals surface area contributed by atoms with Crippen LogP contribution in [0, 0.1) is 0 Å². The molecule has 0 atom stereocenters. The smallest absolute Gasteiger partial charge is 0.254 e. The largest absolute Gasteiger partial charge is 0.457 e. The molecule has 4 heteroatoms. The Morgan fingerprint density at radius 3 is 2.35 bits per heavy atom. The highest BCUT2D eigenvalue weighted by atomic mass is 32.2. The highest BCUT2D eigenvalue weighted by Gasteiger charge is 2.19. The van der Waals surface area contributed by atoms with E-state index in [4.69, 9.17) is 4.74 Å². The van der Waals surface area contributed by atoms with E-state index in [1.54, 1.807) is 11.8 Å². The highest BCUT2D eigenvalue weighted by Crippen LogP contribution is 2.22. The number of carbonyl (C=O) groups excluding carboxylic acids is 1. The summed E-state index contributed by atoms with van der Waals surface area (Å²) in [5.41, 5.74) is 0.716. The lowest BCUT2D eigenvalue weighted by Gasteiger charge is -2.14. The van der Waals surface area contributed by atoms with Crippen molar-refractivity contribution in [2.45, 2.75) is 0 Å². The van der Waals surface area contributed by atoms with Gasteiger partial charge in [0.1, 0.15) is 11.5 Å². The lowest BCUT2D eigenvalue weighted by atomic mass is 10.2. The number of nitrogens with zero attached hydrogens (tertiary/aromatic N) is 1. The van der Waals surface area contributed by atoms with Gasteiger partial charge in [0.25, 0.3) is 5.91 Å². The van der Waals surface area contributed by atoms with Gasteiger partial charge in [-0.3, -0.25) is 4.79 Å². The molecule has 3 rings (SSSR count). The summed E-state index contributed by atoms with van der Waals surface area (Å²) >= 11 is 1.79. The zero-order valence-electron chi connectivity index (χ0n) is 11.0. The number of hydrogen-bond acceptors (Lipinski definition) is 3. The van der Waals surface area contributed by atoms with Gasteiger partial charge in [-0.2, -0.15) is 0 Å². The molecule has 0 N–H and O–H groups in total. The summed E-state index contributed by atoms with van der Waals surface area (Å²) in [5.74, 6) is 3.45. The second kappa shape index (κ2) is 6.01. The summed E-state index contributed by atoms with van der Waals surface area (Å²) in [4.78, 5) is 14.1. The molecular formula is C16H15NO2S. The van der Waals surface area contributed by atoms with Gasteiger partial charge in [-0.05, 0) is 36.4 Å². The van der Waals surface area contributed by atoms with E-state index in [1.807, 2.05) is 59.5 Å². The lowest BCUT2D eigenvalue weighted by Crippen LogP contribution is -2.27. The molecule has 20 heavy (non-hydrogen) atoms. The molecule has 0 radical (unpaired) electrons. The second-order valence-corrected chi connectivity index (χ2v) is 5.62. The average molecular weight is 285 g/mol. The predicted molar refractivity (Wildman–Crippen MR) is 81.3 cm³/mol. The van der Waals surface area contributed by atoms with E-state index >= 15 is 0 Å². The quantitative estimate of drug-likeness (QED) is 0.862. The monoisotopic (exact) mass is 285 g/mol. The van der Waals surface area contributed by atoms with Crippen molar-refractivity contribution in [1.29, 1.82) is 0 Å². The van der Waals surface area contributed by atoms with Gasteiger partial charge in [-0.15, -0.1) is 11.8 Å². The molecule has 1 saturated heterocycles. The van der Waals surface area contributed by atoms with Crippen LogP contribution in [0.1, 0.15) is 10.4 Å². The Morgan fingerprint density at radius 1 is 1.00 bits per heavy atom. The Labute approximate surface area is 122 Å². The van der Waals surface area contributed by atoms with Crippen molar-refractivity contribution < 1.29 is 9.53 Å². The molecule has 0 aromatic heterocycles. The molecule has 102 valence electrons. The van der Waals surface area contributed by atoms with Crippen molar-refractivity contribution in [2.24, 2.45) is 0 Å². The average Bonchev–Trinajstić information content (AvgIpc) is 3.03. The van der Waals surface area contributed by atoms with Gasteiger partial charge in [0.05, 0.1) is 5.88 Å². The summed E-state index contributed by atoms with van der Waals surface area (Å²) in [6, 6.07) is 16.9. The topological polar surface area (TPSA) is 29.5 Å². The Morgan fingerprint density at radius 2 is 1.70 bits per heavy atom. The molecule has 0 unspecified atom stereocenters. The van der Waals surface area contributed by atoms with Gasteiger partial charge in [0.15, 0.2) is 0 Å².